The Morgan fingerprint density at radius 2 is 1.81 bits per heavy atom. The Morgan fingerprint density at radius 3 is 2.44 bits per heavy atom. The number of ether oxygens (including phenoxy) is 1. The molecule has 1 aromatic carbocycles. The number of sulfonamides is 1. The number of rotatable bonds is 9. The Balaban J connectivity index is 1.42. The summed E-state index contributed by atoms with van der Waals surface area (Å²) in [6, 6.07) is 4.46. The SMILES string of the molecule is COc1cccc(F)c1C(=O)CCC1(N2CCN(S(=O)(=O)CC3CC3)CC2)CCCCC1. The van der Waals surface area contributed by atoms with Crippen LogP contribution in [0, 0.1) is 11.7 Å². The number of carbonyl (C=O) groups excluding carboxylic acids is 1. The molecule has 0 radical (unpaired) electrons. The number of carbonyl (C=O) groups is 1. The van der Waals surface area contributed by atoms with Crippen LogP contribution in [0.4, 0.5) is 4.39 Å². The van der Waals surface area contributed by atoms with Crippen molar-refractivity contribution in [2.75, 3.05) is 39.0 Å². The summed E-state index contributed by atoms with van der Waals surface area (Å²) < 4.78 is 46.6. The first-order valence-electron chi connectivity index (χ1n) is 11.9. The van der Waals surface area contributed by atoms with Gasteiger partial charge in [-0.25, -0.2) is 12.8 Å². The highest BCUT2D eigenvalue weighted by atomic mass is 32.2. The summed E-state index contributed by atoms with van der Waals surface area (Å²) in [5.74, 6) is 0.153. The van der Waals surface area contributed by atoms with Crippen LogP contribution in [0.1, 0.15) is 68.1 Å². The van der Waals surface area contributed by atoms with Gasteiger partial charge in [-0.1, -0.05) is 25.3 Å². The summed E-state index contributed by atoms with van der Waals surface area (Å²) in [5.41, 5.74) is -0.0735. The molecule has 1 aromatic rings. The van der Waals surface area contributed by atoms with E-state index in [-0.39, 0.29) is 34.8 Å². The maximum atomic E-state index is 14.4. The van der Waals surface area contributed by atoms with E-state index in [4.69, 9.17) is 4.74 Å². The first-order chi connectivity index (χ1) is 15.3. The topological polar surface area (TPSA) is 66.9 Å². The molecule has 32 heavy (non-hydrogen) atoms. The average molecular weight is 467 g/mol. The zero-order valence-corrected chi connectivity index (χ0v) is 19.8. The summed E-state index contributed by atoms with van der Waals surface area (Å²) in [5, 5.41) is 0. The van der Waals surface area contributed by atoms with Gasteiger partial charge in [0.15, 0.2) is 5.78 Å². The lowest BCUT2D eigenvalue weighted by Gasteiger charge is -2.50. The second-order valence-corrected chi connectivity index (χ2v) is 11.6. The minimum Gasteiger partial charge on any atom is -0.496 e. The van der Waals surface area contributed by atoms with Crippen LogP contribution in [0.2, 0.25) is 0 Å². The predicted molar refractivity (Wildman–Crippen MR) is 122 cm³/mol. The second kappa shape index (κ2) is 9.77. The third kappa shape index (κ3) is 5.18. The molecule has 6 nitrogen and oxygen atoms in total. The molecule has 8 heteroatoms. The van der Waals surface area contributed by atoms with Gasteiger partial charge in [-0.2, -0.15) is 4.31 Å². The zero-order valence-electron chi connectivity index (χ0n) is 19.0. The molecule has 4 rings (SSSR count). The largest absolute Gasteiger partial charge is 0.496 e. The van der Waals surface area contributed by atoms with Crippen LogP contribution in [0.5, 0.6) is 5.75 Å². The zero-order chi connectivity index (χ0) is 22.8. The van der Waals surface area contributed by atoms with Gasteiger partial charge in [0.25, 0.3) is 0 Å². The summed E-state index contributed by atoms with van der Waals surface area (Å²) in [6.45, 7) is 2.43. The molecule has 1 heterocycles. The van der Waals surface area contributed by atoms with Gasteiger partial charge in [0.2, 0.25) is 10.0 Å². The normalized spacial score (nSPS) is 22.6. The van der Waals surface area contributed by atoms with Crippen LogP contribution >= 0.6 is 0 Å². The van der Waals surface area contributed by atoms with Crippen molar-refractivity contribution in [3.8, 4) is 5.75 Å². The Kier molecular flexibility index (Phi) is 7.22. The van der Waals surface area contributed by atoms with Crippen LogP contribution in [0.3, 0.4) is 0 Å². The number of halogens is 1. The monoisotopic (exact) mass is 466 g/mol. The van der Waals surface area contributed by atoms with Gasteiger partial charge in [0.1, 0.15) is 11.6 Å². The lowest BCUT2D eigenvalue weighted by molar-refractivity contribution is 0.0165. The molecule has 0 N–H and O–H groups in total. The third-order valence-electron chi connectivity index (χ3n) is 7.52. The molecule has 0 aromatic heterocycles. The number of hydrogen-bond acceptors (Lipinski definition) is 5. The number of hydrogen-bond donors (Lipinski definition) is 0. The Bertz CT molecular complexity index is 918. The minimum absolute atomic E-state index is 0.0388. The van der Waals surface area contributed by atoms with Crippen molar-refractivity contribution in [2.24, 2.45) is 5.92 Å². The van der Waals surface area contributed by atoms with Gasteiger partial charge in [0, 0.05) is 38.1 Å². The lowest BCUT2D eigenvalue weighted by Crippen LogP contribution is -2.59. The molecule has 178 valence electrons. The van der Waals surface area contributed by atoms with E-state index in [1.165, 1.54) is 19.6 Å². The van der Waals surface area contributed by atoms with Gasteiger partial charge in [-0.05, 0) is 50.2 Å². The third-order valence-corrected chi connectivity index (χ3v) is 9.57. The van der Waals surface area contributed by atoms with Crippen LogP contribution in [-0.2, 0) is 10.0 Å². The highest BCUT2D eigenvalue weighted by Crippen LogP contribution is 2.39. The predicted octanol–water partition coefficient (Wildman–Crippen LogP) is 3.86. The van der Waals surface area contributed by atoms with Crippen molar-refractivity contribution in [3.05, 3.63) is 29.6 Å². The number of nitrogens with zero attached hydrogens (tertiary/aromatic N) is 2. The molecule has 0 atom stereocenters. The smallest absolute Gasteiger partial charge is 0.214 e. The summed E-state index contributed by atoms with van der Waals surface area (Å²) in [4.78, 5) is 15.4. The van der Waals surface area contributed by atoms with E-state index in [0.29, 0.717) is 38.5 Å². The van der Waals surface area contributed by atoms with Crippen LogP contribution < -0.4 is 4.74 Å². The first kappa shape index (κ1) is 23.6. The molecule has 0 unspecified atom stereocenters. The second-order valence-electron chi connectivity index (χ2n) is 9.63. The van der Waals surface area contributed by atoms with Gasteiger partial charge < -0.3 is 4.74 Å². The molecule has 0 amide bonds. The molecule has 3 fully saturated rings. The summed E-state index contributed by atoms with van der Waals surface area (Å²) in [6.07, 6.45) is 8.40. The average Bonchev–Trinajstić information content (AvgIpc) is 3.61. The molecule has 0 spiro atoms. The van der Waals surface area contributed by atoms with Crippen LogP contribution in [-0.4, -0.2) is 68.0 Å². The molecule has 0 bridgehead atoms. The fourth-order valence-electron chi connectivity index (χ4n) is 5.48. The molecular formula is C24H35FN2O4S. The molecule has 2 aliphatic carbocycles. The first-order valence-corrected chi connectivity index (χ1v) is 13.5. The van der Waals surface area contributed by atoms with E-state index in [2.05, 4.69) is 4.90 Å². The summed E-state index contributed by atoms with van der Waals surface area (Å²) in [7, 11) is -1.72. The molecule has 1 aliphatic heterocycles. The number of piperazine rings is 1. The molecular weight excluding hydrogens is 431 g/mol. The van der Waals surface area contributed by atoms with Gasteiger partial charge >= 0.3 is 0 Å². The van der Waals surface area contributed by atoms with E-state index < -0.39 is 15.8 Å². The molecule has 1 saturated heterocycles. The van der Waals surface area contributed by atoms with Crippen molar-refractivity contribution in [3.63, 3.8) is 0 Å². The van der Waals surface area contributed by atoms with E-state index >= 15 is 0 Å². The molecule has 3 aliphatic rings. The minimum atomic E-state index is -3.17. The number of methoxy groups -OCH3 is 1. The highest BCUT2D eigenvalue weighted by molar-refractivity contribution is 7.89. The van der Waals surface area contributed by atoms with Crippen molar-refractivity contribution < 1.29 is 22.3 Å². The van der Waals surface area contributed by atoms with E-state index in [1.807, 2.05) is 0 Å². The van der Waals surface area contributed by atoms with E-state index in [0.717, 1.165) is 38.5 Å². The fraction of sp³-hybridized carbons (Fsp3) is 0.708. The lowest BCUT2D eigenvalue weighted by atomic mass is 9.76. The van der Waals surface area contributed by atoms with Crippen LogP contribution in [0.15, 0.2) is 18.2 Å². The maximum absolute atomic E-state index is 14.4. The van der Waals surface area contributed by atoms with E-state index in [1.54, 1.807) is 16.4 Å². The number of benzene rings is 1. The maximum Gasteiger partial charge on any atom is 0.214 e. The van der Waals surface area contributed by atoms with Gasteiger partial charge in [-0.3, -0.25) is 9.69 Å². The summed E-state index contributed by atoms with van der Waals surface area (Å²) >= 11 is 0. The van der Waals surface area contributed by atoms with Crippen molar-refractivity contribution in [1.82, 2.24) is 9.21 Å². The Labute approximate surface area is 191 Å². The number of ketones is 1. The Morgan fingerprint density at radius 1 is 1.12 bits per heavy atom. The van der Waals surface area contributed by atoms with Crippen molar-refractivity contribution in [1.29, 1.82) is 0 Å². The van der Waals surface area contributed by atoms with Gasteiger partial charge in [0.05, 0.1) is 18.4 Å². The van der Waals surface area contributed by atoms with Crippen molar-refractivity contribution in [2.45, 2.75) is 63.3 Å². The van der Waals surface area contributed by atoms with Gasteiger partial charge in [-0.15, -0.1) is 0 Å². The fourth-order valence-corrected chi connectivity index (χ4v) is 7.34. The van der Waals surface area contributed by atoms with E-state index in [9.17, 15) is 17.6 Å². The molecule has 2 saturated carbocycles. The quantitative estimate of drug-likeness (QED) is 0.517. The number of Topliss-reactive ketones (excluding diaryl/α,β-unsaturated/α-hetero) is 1. The standard InChI is InChI=1S/C24H35FN2O4S/c1-31-22-7-5-6-20(25)23(22)21(28)10-13-24(11-3-2-4-12-24)26-14-16-27(17-15-26)32(29,30)18-19-8-9-19/h5-7,19H,2-4,8-18H2,1H3. The van der Waals surface area contributed by atoms with Crippen molar-refractivity contribution >= 4 is 15.8 Å². The highest BCUT2D eigenvalue weighted by Gasteiger charge is 2.41. The van der Waals surface area contributed by atoms with Crippen LogP contribution in [0.25, 0.3) is 0 Å². The Hall–Kier alpha value is -1.51.